The molecule has 0 atom stereocenters. The van der Waals surface area contributed by atoms with E-state index in [1.807, 2.05) is 24.3 Å². The Hall–Kier alpha value is -2.09. The van der Waals surface area contributed by atoms with Gasteiger partial charge in [-0.05, 0) is 34.5 Å². The maximum atomic E-state index is 11.7. The number of carbonyl (C=O) groups excluding carboxylic acids is 1. The Morgan fingerprint density at radius 1 is 1.35 bits per heavy atom. The minimum absolute atomic E-state index is 0.00227. The molecule has 1 heterocycles. The van der Waals surface area contributed by atoms with E-state index in [0.29, 0.717) is 24.0 Å². The van der Waals surface area contributed by atoms with Crippen LogP contribution in [-0.2, 0) is 11.3 Å². The number of aromatic nitrogens is 4. The first-order valence-corrected chi connectivity index (χ1v) is 8.50. The molecular weight excluding hydrogens is 314 g/mol. The zero-order valence-electron chi connectivity index (χ0n) is 13.4. The van der Waals surface area contributed by atoms with Gasteiger partial charge in [-0.3, -0.25) is 4.79 Å². The van der Waals surface area contributed by atoms with E-state index in [4.69, 9.17) is 4.74 Å². The molecular formula is C15H21N5O2S. The zero-order valence-corrected chi connectivity index (χ0v) is 14.2. The first kappa shape index (κ1) is 17.3. The van der Waals surface area contributed by atoms with Crippen molar-refractivity contribution < 1.29 is 9.53 Å². The molecule has 0 aliphatic heterocycles. The Balaban J connectivity index is 1.87. The van der Waals surface area contributed by atoms with Crippen molar-refractivity contribution in [3.8, 4) is 5.75 Å². The topological polar surface area (TPSA) is 81.9 Å². The summed E-state index contributed by atoms with van der Waals surface area (Å²) in [5.74, 6) is 1.12. The summed E-state index contributed by atoms with van der Waals surface area (Å²) in [7, 11) is 1.64. The molecule has 0 saturated carbocycles. The van der Waals surface area contributed by atoms with Crippen LogP contribution in [0, 0.1) is 0 Å². The molecule has 0 fully saturated rings. The van der Waals surface area contributed by atoms with Crippen LogP contribution in [0.1, 0.15) is 25.3 Å². The molecule has 0 radical (unpaired) electrons. The third-order valence-electron chi connectivity index (χ3n) is 3.18. The highest BCUT2D eigenvalue weighted by Crippen LogP contribution is 2.16. The van der Waals surface area contributed by atoms with E-state index in [1.54, 1.807) is 11.8 Å². The summed E-state index contributed by atoms with van der Waals surface area (Å²) in [5.41, 5.74) is 1.06. The van der Waals surface area contributed by atoms with Crippen molar-refractivity contribution in [1.29, 1.82) is 0 Å². The van der Waals surface area contributed by atoms with E-state index >= 15 is 0 Å². The number of thioether (sulfide) groups is 1. The van der Waals surface area contributed by atoms with Crippen molar-refractivity contribution in [2.75, 3.05) is 19.4 Å². The second kappa shape index (κ2) is 9.14. The van der Waals surface area contributed by atoms with Crippen LogP contribution in [0.3, 0.4) is 0 Å². The first-order chi connectivity index (χ1) is 11.2. The number of benzene rings is 1. The fourth-order valence-corrected chi connectivity index (χ4v) is 2.60. The molecule has 1 aromatic heterocycles. The van der Waals surface area contributed by atoms with Gasteiger partial charge in [0.25, 0.3) is 0 Å². The number of amides is 1. The molecule has 2 aromatic rings. The van der Waals surface area contributed by atoms with Gasteiger partial charge in [0, 0.05) is 6.54 Å². The molecule has 7 nitrogen and oxygen atoms in total. The van der Waals surface area contributed by atoms with Crippen molar-refractivity contribution in [2.45, 2.75) is 31.5 Å². The molecule has 0 aliphatic carbocycles. The molecule has 2 rings (SSSR count). The maximum Gasteiger partial charge on any atom is 0.230 e. The van der Waals surface area contributed by atoms with E-state index in [2.05, 4.69) is 27.8 Å². The van der Waals surface area contributed by atoms with Crippen molar-refractivity contribution in [1.82, 2.24) is 25.5 Å². The molecule has 0 bridgehead atoms. The predicted octanol–water partition coefficient (Wildman–Crippen LogP) is 1.74. The number of tetrazole rings is 1. The van der Waals surface area contributed by atoms with Crippen molar-refractivity contribution in [2.24, 2.45) is 0 Å². The fraction of sp³-hybridized carbons (Fsp3) is 0.467. The number of hydrogen-bond donors (Lipinski definition) is 1. The second-order valence-corrected chi connectivity index (χ2v) is 5.90. The van der Waals surface area contributed by atoms with Gasteiger partial charge in [-0.15, -0.1) is 5.10 Å². The Labute approximate surface area is 139 Å². The van der Waals surface area contributed by atoms with Gasteiger partial charge in [0.1, 0.15) is 5.75 Å². The van der Waals surface area contributed by atoms with E-state index in [9.17, 15) is 4.79 Å². The number of methoxy groups -OCH3 is 1. The monoisotopic (exact) mass is 335 g/mol. The molecule has 0 spiro atoms. The smallest absolute Gasteiger partial charge is 0.230 e. The summed E-state index contributed by atoms with van der Waals surface area (Å²) in [6.45, 7) is 3.36. The summed E-state index contributed by atoms with van der Waals surface area (Å²) in [6, 6.07) is 7.72. The number of ether oxygens (including phenoxy) is 1. The van der Waals surface area contributed by atoms with Gasteiger partial charge in [-0.2, -0.15) is 0 Å². The van der Waals surface area contributed by atoms with Gasteiger partial charge in [0.05, 0.1) is 19.4 Å². The van der Waals surface area contributed by atoms with E-state index in [-0.39, 0.29) is 5.91 Å². The number of carbonyl (C=O) groups is 1. The summed E-state index contributed by atoms with van der Waals surface area (Å²) >= 11 is 1.34. The average molecular weight is 335 g/mol. The number of unbranched alkanes of at least 4 members (excludes halogenated alkanes) is 1. The van der Waals surface area contributed by atoms with Crippen molar-refractivity contribution in [3.63, 3.8) is 0 Å². The fourth-order valence-electron chi connectivity index (χ4n) is 1.89. The molecule has 1 amide bonds. The highest BCUT2D eigenvalue weighted by molar-refractivity contribution is 7.99. The molecule has 0 saturated heterocycles. The highest BCUT2D eigenvalue weighted by Gasteiger charge is 2.10. The number of nitrogens with zero attached hydrogens (tertiary/aromatic N) is 4. The molecule has 1 N–H and O–H groups in total. The van der Waals surface area contributed by atoms with Crippen LogP contribution in [0.15, 0.2) is 29.4 Å². The summed E-state index contributed by atoms with van der Waals surface area (Å²) in [5, 5.41) is 15.2. The van der Waals surface area contributed by atoms with Crippen LogP contribution in [-0.4, -0.2) is 45.5 Å². The minimum Gasteiger partial charge on any atom is -0.497 e. The summed E-state index contributed by atoms with van der Waals surface area (Å²) in [4.78, 5) is 11.7. The number of rotatable bonds is 9. The lowest BCUT2D eigenvalue weighted by atomic mass is 10.2. The summed E-state index contributed by atoms with van der Waals surface area (Å²) < 4.78 is 6.82. The standard InChI is InChI=1S/C15H21N5O2S/c1-3-4-9-16-14(21)11-23-15-17-18-19-20(15)10-12-5-7-13(22-2)8-6-12/h5-8H,3-4,9-11H2,1-2H3,(H,16,21). The van der Waals surface area contributed by atoms with Gasteiger partial charge >= 0.3 is 0 Å². The molecule has 0 aliphatic rings. The number of hydrogen-bond acceptors (Lipinski definition) is 6. The van der Waals surface area contributed by atoms with E-state index in [0.717, 1.165) is 24.2 Å². The van der Waals surface area contributed by atoms with Gasteiger partial charge in [-0.25, -0.2) is 4.68 Å². The molecule has 124 valence electrons. The Bertz CT molecular complexity index is 615. The van der Waals surface area contributed by atoms with E-state index < -0.39 is 0 Å². The normalized spacial score (nSPS) is 10.5. The molecule has 23 heavy (non-hydrogen) atoms. The van der Waals surface area contributed by atoms with Gasteiger partial charge in [0.15, 0.2) is 0 Å². The predicted molar refractivity (Wildman–Crippen MR) is 88.6 cm³/mol. The quantitative estimate of drug-likeness (QED) is 0.555. The van der Waals surface area contributed by atoms with Crippen LogP contribution in [0.2, 0.25) is 0 Å². The van der Waals surface area contributed by atoms with Crippen LogP contribution >= 0.6 is 11.8 Å². The maximum absolute atomic E-state index is 11.7. The van der Waals surface area contributed by atoms with Gasteiger partial charge < -0.3 is 10.1 Å². The van der Waals surface area contributed by atoms with Crippen LogP contribution < -0.4 is 10.1 Å². The lowest BCUT2D eigenvalue weighted by Gasteiger charge is -2.06. The van der Waals surface area contributed by atoms with Crippen molar-refractivity contribution in [3.05, 3.63) is 29.8 Å². The molecule has 8 heteroatoms. The van der Waals surface area contributed by atoms with Crippen LogP contribution in [0.4, 0.5) is 0 Å². The summed E-state index contributed by atoms with van der Waals surface area (Å²) in [6.07, 6.45) is 2.05. The minimum atomic E-state index is 0.00227. The zero-order chi connectivity index (χ0) is 16.5. The Kier molecular flexibility index (Phi) is 6.86. The van der Waals surface area contributed by atoms with Gasteiger partial charge in [-0.1, -0.05) is 37.2 Å². The first-order valence-electron chi connectivity index (χ1n) is 7.51. The average Bonchev–Trinajstić information content (AvgIpc) is 3.01. The Morgan fingerprint density at radius 2 is 2.13 bits per heavy atom. The molecule has 0 unspecified atom stereocenters. The van der Waals surface area contributed by atoms with Gasteiger partial charge in [0.2, 0.25) is 11.1 Å². The van der Waals surface area contributed by atoms with Crippen LogP contribution in [0.5, 0.6) is 5.75 Å². The van der Waals surface area contributed by atoms with E-state index in [1.165, 1.54) is 11.8 Å². The third-order valence-corrected chi connectivity index (χ3v) is 4.13. The van der Waals surface area contributed by atoms with Crippen molar-refractivity contribution >= 4 is 17.7 Å². The second-order valence-electron chi connectivity index (χ2n) is 4.96. The lowest BCUT2D eigenvalue weighted by Crippen LogP contribution is -2.26. The third kappa shape index (κ3) is 5.55. The highest BCUT2D eigenvalue weighted by atomic mass is 32.2. The number of nitrogens with one attached hydrogen (secondary N) is 1. The SMILES string of the molecule is CCCCNC(=O)CSc1nnnn1Cc1ccc(OC)cc1. The van der Waals surface area contributed by atoms with Crippen LogP contribution in [0.25, 0.3) is 0 Å². The largest absolute Gasteiger partial charge is 0.497 e. The lowest BCUT2D eigenvalue weighted by molar-refractivity contribution is -0.118. The molecule has 1 aromatic carbocycles. The Morgan fingerprint density at radius 3 is 2.83 bits per heavy atom.